The molecule has 5 nitrogen and oxygen atoms in total. The van der Waals surface area contributed by atoms with Gasteiger partial charge in [-0.25, -0.2) is 4.68 Å². The van der Waals surface area contributed by atoms with Crippen LogP contribution in [0.3, 0.4) is 0 Å². The van der Waals surface area contributed by atoms with Crippen molar-refractivity contribution in [1.29, 1.82) is 0 Å². The fourth-order valence-corrected chi connectivity index (χ4v) is 4.01. The minimum Gasteiger partial charge on any atom is -0.376 e. The second-order valence-electron chi connectivity index (χ2n) is 6.95. The standard InChI is InChI=1S/C19H20F3N3O2/c1-12(26)24-9-2-3-16(24)13-4-6-14(7-5-13)25-17-8-10-27-11-15(17)18(23-25)19(20,21)22/h4-7,16H,2-3,8-11H2,1H3. The number of rotatable bonds is 2. The maximum Gasteiger partial charge on any atom is 0.435 e. The highest BCUT2D eigenvalue weighted by atomic mass is 19.4. The summed E-state index contributed by atoms with van der Waals surface area (Å²) in [6, 6.07) is 7.33. The van der Waals surface area contributed by atoms with Gasteiger partial charge in [-0.1, -0.05) is 12.1 Å². The van der Waals surface area contributed by atoms with E-state index in [1.165, 1.54) is 4.68 Å². The summed E-state index contributed by atoms with van der Waals surface area (Å²) in [5.74, 6) is 0.0394. The van der Waals surface area contributed by atoms with Crippen LogP contribution in [0.4, 0.5) is 13.2 Å². The number of carbonyl (C=O) groups is 1. The van der Waals surface area contributed by atoms with E-state index in [0.29, 0.717) is 24.4 Å². The molecule has 1 saturated heterocycles. The number of hydrogen-bond donors (Lipinski definition) is 0. The van der Waals surface area contributed by atoms with Crippen LogP contribution in [0.1, 0.15) is 48.3 Å². The Morgan fingerprint density at radius 1 is 1.26 bits per heavy atom. The molecule has 1 atom stereocenters. The second kappa shape index (κ2) is 6.67. The summed E-state index contributed by atoms with van der Waals surface area (Å²) in [4.78, 5) is 13.6. The van der Waals surface area contributed by atoms with Crippen LogP contribution in [0.15, 0.2) is 24.3 Å². The smallest absolute Gasteiger partial charge is 0.376 e. The van der Waals surface area contributed by atoms with Gasteiger partial charge in [-0.3, -0.25) is 4.79 Å². The molecular weight excluding hydrogens is 359 g/mol. The average Bonchev–Trinajstić information content (AvgIpc) is 3.27. The summed E-state index contributed by atoms with van der Waals surface area (Å²) in [6.45, 7) is 2.61. The quantitative estimate of drug-likeness (QED) is 0.800. The highest BCUT2D eigenvalue weighted by Crippen LogP contribution is 2.36. The van der Waals surface area contributed by atoms with Crippen molar-refractivity contribution in [3.8, 4) is 5.69 Å². The van der Waals surface area contributed by atoms with Gasteiger partial charge in [0.25, 0.3) is 0 Å². The van der Waals surface area contributed by atoms with Gasteiger partial charge in [0, 0.05) is 25.5 Å². The Kier molecular flexibility index (Phi) is 4.46. The molecule has 27 heavy (non-hydrogen) atoms. The van der Waals surface area contributed by atoms with Gasteiger partial charge in [-0.15, -0.1) is 0 Å². The number of aromatic nitrogens is 2. The van der Waals surface area contributed by atoms with Crippen LogP contribution in [-0.4, -0.2) is 33.7 Å². The van der Waals surface area contributed by atoms with E-state index in [9.17, 15) is 18.0 Å². The van der Waals surface area contributed by atoms with E-state index in [1.54, 1.807) is 19.1 Å². The van der Waals surface area contributed by atoms with Crippen LogP contribution < -0.4 is 0 Å². The molecule has 2 aliphatic rings. The minimum atomic E-state index is -4.51. The molecule has 1 aromatic heterocycles. The summed E-state index contributed by atoms with van der Waals surface area (Å²) in [7, 11) is 0. The van der Waals surface area contributed by atoms with Crippen molar-refractivity contribution in [2.24, 2.45) is 0 Å². The number of alkyl halides is 3. The van der Waals surface area contributed by atoms with E-state index in [-0.39, 0.29) is 24.1 Å². The lowest BCUT2D eigenvalue weighted by molar-refractivity contribution is -0.142. The van der Waals surface area contributed by atoms with E-state index in [1.807, 2.05) is 17.0 Å². The number of fused-ring (bicyclic) bond motifs is 1. The molecule has 1 unspecified atom stereocenters. The number of nitrogens with zero attached hydrogens (tertiary/aromatic N) is 3. The Hall–Kier alpha value is -2.35. The molecule has 0 saturated carbocycles. The van der Waals surface area contributed by atoms with Crippen LogP contribution >= 0.6 is 0 Å². The summed E-state index contributed by atoms with van der Waals surface area (Å²) in [5.41, 5.74) is 1.37. The molecule has 144 valence electrons. The third-order valence-electron chi connectivity index (χ3n) is 5.27. The summed E-state index contributed by atoms with van der Waals surface area (Å²) < 4.78 is 46.6. The number of halogens is 3. The molecule has 0 spiro atoms. The van der Waals surface area contributed by atoms with Crippen LogP contribution in [0.2, 0.25) is 0 Å². The molecule has 0 bridgehead atoms. The number of hydrogen-bond acceptors (Lipinski definition) is 3. The molecule has 2 aromatic rings. The Morgan fingerprint density at radius 3 is 2.67 bits per heavy atom. The van der Waals surface area contributed by atoms with Crippen LogP contribution in [0, 0.1) is 0 Å². The summed E-state index contributed by atoms with van der Waals surface area (Å²) in [6.07, 6.45) is -2.28. The van der Waals surface area contributed by atoms with Gasteiger partial charge in [0.1, 0.15) is 0 Å². The van der Waals surface area contributed by atoms with E-state index in [2.05, 4.69) is 5.10 Å². The zero-order valence-electron chi connectivity index (χ0n) is 14.9. The fraction of sp³-hybridized carbons (Fsp3) is 0.474. The lowest BCUT2D eigenvalue weighted by atomic mass is 10.0. The van der Waals surface area contributed by atoms with Crippen LogP contribution in [0.5, 0.6) is 0 Å². The van der Waals surface area contributed by atoms with Crippen LogP contribution in [-0.2, 0) is 28.7 Å². The van der Waals surface area contributed by atoms with Crippen molar-refractivity contribution in [1.82, 2.24) is 14.7 Å². The zero-order chi connectivity index (χ0) is 19.2. The van der Waals surface area contributed by atoms with Crippen molar-refractivity contribution in [3.63, 3.8) is 0 Å². The lowest BCUT2D eigenvalue weighted by Crippen LogP contribution is -2.28. The third-order valence-corrected chi connectivity index (χ3v) is 5.27. The second-order valence-corrected chi connectivity index (χ2v) is 6.95. The number of ether oxygens (including phenoxy) is 1. The minimum absolute atomic E-state index is 0.0298. The topological polar surface area (TPSA) is 47.4 Å². The molecule has 4 rings (SSSR count). The Balaban J connectivity index is 1.69. The molecule has 3 heterocycles. The fourth-order valence-electron chi connectivity index (χ4n) is 4.01. The van der Waals surface area contributed by atoms with Gasteiger partial charge >= 0.3 is 6.18 Å². The maximum absolute atomic E-state index is 13.3. The van der Waals surface area contributed by atoms with Crippen molar-refractivity contribution < 1.29 is 22.7 Å². The first-order valence-corrected chi connectivity index (χ1v) is 8.99. The van der Waals surface area contributed by atoms with Gasteiger partial charge in [-0.05, 0) is 30.5 Å². The first-order chi connectivity index (χ1) is 12.9. The predicted octanol–water partition coefficient (Wildman–Crippen LogP) is 3.65. The Bertz CT molecular complexity index is 858. The SMILES string of the molecule is CC(=O)N1CCCC1c1ccc(-n2nc(C(F)(F)F)c3c2CCOC3)cc1. The molecule has 0 radical (unpaired) electrons. The normalized spacial score (nSPS) is 20.0. The molecule has 1 amide bonds. The summed E-state index contributed by atoms with van der Waals surface area (Å²) >= 11 is 0. The van der Waals surface area contributed by atoms with Crippen molar-refractivity contribution in [2.75, 3.05) is 13.2 Å². The maximum atomic E-state index is 13.3. The highest BCUT2D eigenvalue weighted by molar-refractivity contribution is 5.74. The number of likely N-dealkylation sites (tertiary alicyclic amines) is 1. The number of benzene rings is 1. The van der Waals surface area contributed by atoms with Crippen molar-refractivity contribution in [2.45, 2.75) is 45.0 Å². The monoisotopic (exact) mass is 379 g/mol. The third kappa shape index (κ3) is 3.22. The first kappa shape index (κ1) is 18.0. The first-order valence-electron chi connectivity index (χ1n) is 8.99. The molecule has 1 fully saturated rings. The molecule has 2 aliphatic heterocycles. The van der Waals surface area contributed by atoms with E-state index >= 15 is 0 Å². The lowest BCUT2D eigenvalue weighted by Gasteiger charge is -2.24. The van der Waals surface area contributed by atoms with E-state index in [4.69, 9.17) is 4.74 Å². The average molecular weight is 379 g/mol. The molecule has 0 aliphatic carbocycles. The molecule has 0 N–H and O–H groups in total. The van der Waals surface area contributed by atoms with E-state index in [0.717, 1.165) is 24.9 Å². The molecule has 1 aromatic carbocycles. The van der Waals surface area contributed by atoms with Crippen molar-refractivity contribution >= 4 is 5.91 Å². The molecule has 8 heteroatoms. The Morgan fingerprint density at radius 2 is 2.00 bits per heavy atom. The zero-order valence-corrected chi connectivity index (χ0v) is 14.9. The predicted molar refractivity (Wildman–Crippen MR) is 91.3 cm³/mol. The van der Waals surface area contributed by atoms with Gasteiger partial charge in [0.15, 0.2) is 5.69 Å². The highest BCUT2D eigenvalue weighted by Gasteiger charge is 2.40. The molecular formula is C19H20F3N3O2. The van der Waals surface area contributed by atoms with Crippen molar-refractivity contribution in [3.05, 3.63) is 46.8 Å². The van der Waals surface area contributed by atoms with Gasteiger partial charge in [-0.2, -0.15) is 18.3 Å². The largest absolute Gasteiger partial charge is 0.435 e. The number of amides is 1. The van der Waals surface area contributed by atoms with E-state index < -0.39 is 11.9 Å². The summed E-state index contributed by atoms with van der Waals surface area (Å²) in [5, 5.41) is 3.85. The van der Waals surface area contributed by atoms with Gasteiger partial charge in [0.05, 0.1) is 30.6 Å². The van der Waals surface area contributed by atoms with Gasteiger partial charge in [0.2, 0.25) is 5.91 Å². The van der Waals surface area contributed by atoms with Crippen LogP contribution in [0.25, 0.3) is 5.69 Å². The number of carbonyl (C=O) groups excluding carboxylic acids is 1. The van der Waals surface area contributed by atoms with Gasteiger partial charge < -0.3 is 9.64 Å². The Labute approximate surface area is 154 Å².